The first-order chi connectivity index (χ1) is 15.4. The molecule has 2 aromatic carbocycles. The highest BCUT2D eigenvalue weighted by Gasteiger charge is 2.37. The fourth-order valence-electron chi connectivity index (χ4n) is 3.29. The first-order valence-corrected chi connectivity index (χ1v) is 9.93. The molecular weight excluding hydrogens is 491 g/mol. The number of pyridine rings is 1. The number of rotatable bonds is 3. The summed E-state index contributed by atoms with van der Waals surface area (Å²) in [6.45, 7) is 0. The molecule has 3 nitrogen and oxygen atoms in total. The Kier molecular flexibility index (Phi) is 5.88. The van der Waals surface area contributed by atoms with E-state index in [1.165, 1.54) is 29.5 Å². The molecule has 170 valence electrons. The molecule has 2 aromatic heterocycles. The number of nitrogens with zero attached hydrogens (tertiary/aromatic N) is 3. The lowest BCUT2D eigenvalue weighted by atomic mass is 10.0. The van der Waals surface area contributed by atoms with E-state index in [0.717, 1.165) is 0 Å². The van der Waals surface area contributed by atoms with Crippen molar-refractivity contribution in [2.45, 2.75) is 12.4 Å². The summed E-state index contributed by atoms with van der Waals surface area (Å²) < 4.78 is 81.4. The monoisotopic (exact) mass is 501 g/mol. The largest absolute Gasteiger partial charge is 0.416 e. The standard InChI is InChI=1S/C22H11Cl2F6N3/c23-17-2-1-12(7-18(17)24)16-3-4-31-10-20(16)33-11-32-9-19(33)13-5-14(21(25,26)27)8-15(6-13)22(28,29)30/h1-11H. The minimum atomic E-state index is -4.97. The SMILES string of the molecule is FC(F)(F)c1cc(-c2cncn2-c2cnccc2-c2ccc(Cl)c(Cl)c2)cc(C(F)(F)F)c1. The van der Waals surface area contributed by atoms with Gasteiger partial charge in [0.05, 0.1) is 51.3 Å². The number of aromatic nitrogens is 3. The average Bonchev–Trinajstić information content (AvgIpc) is 3.24. The second kappa shape index (κ2) is 8.39. The van der Waals surface area contributed by atoms with Gasteiger partial charge in [-0.1, -0.05) is 29.3 Å². The van der Waals surface area contributed by atoms with Crippen LogP contribution in [0.3, 0.4) is 0 Å². The highest BCUT2D eigenvalue weighted by atomic mass is 35.5. The average molecular weight is 502 g/mol. The molecule has 0 radical (unpaired) electrons. The summed E-state index contributed by atoms with van der Waals surface area (Å²) in [5.74, 6) is 0. The molecule has 0 amide bonds. The molecule has 0 N–H and O–H groups in total. The molecule has 4 rings (SSSR count). The second-order valence-electron chi connectivity index (χ2n) is 6.97. The maximum absolute atomic E-state index is 13.3. The van der Waals surface area contributed by atoms with Crippen LogP contribution in [0.25, 0.3) is 28.1 Å². The number of benzene rings is 2. The van der Waals surface area contributed by atoms with E-state index in [4.69, 9.17) is 23.2 Å². The molecule has 11 heteroatoms. The van der Waals surface area contributed by atoms with Gasteiger partial charge in [-0.15, -0.1) is 0 Å². The number of imidazole rings is 1. The number of alkyl halides is 6. The molecule has 0 aliphatic rings. The Labute approximate surface area is 193 Å². The highest BCUT2D eigenvalue weighted by molar-refractivity contribution is 6.42. The van der Waals surface area contributed by atoms with Crippen molar-refractivity contribution in [2.75, 3.05) is 0 Å². The van der Waals surface area contributed by atoms with E-state index < -0.39 is 23.5 Å². The van der Waals surface area contributed by atoms with Gasteiger partial charge in [0, 0.05) is 17.3 Å². The normalized spacial score (nSPS) is 12.2. The summed E-state index contributed by atoms with van der Waals surface area (Å²) in [7, 11) is 0. The lowest BCUT2D eigenvalue weighted by Crippen LogP contribution is -2.11. The van der Waals surface area contributed by atoms with Crippen LogP contribution in [0.2, 0.25) is 10.0 Å². The third-order valence-corrected chi connectivity index (χ3v) is 5.55. The van der Waals surface area contributed by atoms with Gasteiger partial charge in [-0.2, -0.15) is 26.3 Å². The fraction of sp³-hybridized carbons (Fsp3) is 0.0909. The maximum atomic E-state index is 13.3. The van der Waals surface area contributed by atoms with Crippen LogP contribution >= 0.6 is 23.2 Å². The zero-order valence-electron chi connectivity index (χ0n) is 16.2. The summed E-state index contributed by atoms with van der Waals surface area (Å²) in [5, 5.41) is 0.596. The zero-order valence-corrected chi connectivity index (χ0v) is 17.7. The molecule has 0 bridgehead atoms. The molecule has 0 atom stereocenters. The van der Waals surface area contributed by atoms with E-state index in [0.29, 0.717) is 34.0 Å². The van der Waals surface area contributed by atoms with Gasteiger partial charge in [0.25, 0.3) is 0 Å². The summed E-state index contributed by atoms with van der Waals surface area (Å²) in [4.78, 5) is 8.00. The van der Waals surface area contributed by atoms with Crippen LogP contribution < -0.4 is 0 Å². The Morgan fingerprint density at radius 2 is 1.36 bits per heavy atom. The van der Waals surface area contributed by atoms with Gasteiger partial charge in [0.15, 0.2) is 0 Å². The molecule has 33 heavy (non-hydrogen) atoms. The van der Waals surface area contributed by atoms with Gasteiger partial charge in [-0.25, -0.2) is 4.98 Å². The Bertz CT molecular complexity index is 1300. The predicted molar refractivity (Wildman–Crippen MR) is 112 cm³/mol. The minimum Gasteiger partial charge on any atom is -0.297 e. The fourth-order valence-corrected chi connectivity index (χ4v) is 3.59. The van der Waals surface area contributed by atoms with Crippen molar-refractivity contribution in [1.82, 2.24) is 14.5 Å². The highest BCUT2D eigenvalue weighted by Crippen LogP contribution is 2.40. The Morgan fingerprint density at radius 1 is 0.697 bits per heavy atom. The van der Waals surface area contributed by atoms with Gasteiger partial charge in [-0.3, -0.25) is 9.55 Å². The van der Waals surface area contributed by atoms with Crippen molar-refractivity contribution >= 4 is 23.2 Å². The van der Waals surface area contributed by atoms with Gasteiger partial charge in [-0.05, 0) is 42.0 Å². The predicted octanol–water partition coefficient (Wildman–Crippen LogP) is 7.95. The van der Waals surface area contributed by atoms with Crippen molar-refractivity contribution < 1.29 is 26.3 Å². The van der Waals surface area contributed by atoms with Crippen molar-refractivity contribution in [3.05, 3.63) is 88.6 Å². The maximum Gasteiger partial charge on any atom is 0.416 e. The third kappa shape index (κ3) is 4.69. The Balaban J connectivity index is 1.92. The van der Waals surface area contributed by atoms with Crippen LogP contribution in [-0.2, 0) is 12.4 Å². The summed E-state index contributed by atoms with van der Waals surface area (Å²) in [6.07, 6.45) is -4.58. The van der Waals surface area contributed by atoms with E-state index in [1.807, 2.05) is 0 Å². The van der Waals surface area contributed by atoms with Crippen LogP contribution in [0.15, 0.2) is 67.4 Å². The van der Waals surface area contributed by atoms with Gasteiger partial charge in [0.1, 0.15) is 0 Å². The summed E-state index contributed by atoms with van der Waals surface area (Å²) in [5.41, 5.74) is -1.59. The van der Waals surface area contributed by atoms with Crippen LogP contribution in [0.1, 0.15) is 11.1 Å². The molecule has 0 spiro atoms. The lowest BCUT2D eigenvalue weighted by Gasteiger charge is -2.17. The molecule has 2 heterocycles. The van der Waals surface area contributed by atoms with Crippen molar-refractivity contribution in [3.63, 3.8) is 0 Å². The van der Waals surface area contributed by atoms with Crippen LogP contribution in [0.5, 0.6) is 0 Å². The lowest BCUT2D eigenvalue weighted by molar-refractivity contribution is -0.143. The first-order valence-electron chi connectivity index (χ1n) is 9.17. The van der Waals surface area contributed by atoms with Crippen LogP contribution in [-0.4, -0.2) is 14.5 Å². The van der Waals surface area contributed by atoms with Crippen LogP contribution in [0, 0.1) is 0 Å². The van der Waals surface area contributed by atoms with Crippen LogP contribution in [0.4, 0.5) is 26.3 Å². The molecule has 0 aliphatic heterocycles. The number of hydrogen-bond donors (Lipinski definition) is 0. The Hall–Kier alpha value is -3.04. The molecule has 0 unspecified atom stereocenters. The first kappa shape index (κ1) is 23.1. The van der Waals surface area contributed by atoms with Crippen molar-refractivity contribution in [2.24, 2.45) is 0 Å². The quantitative estimate of drug-likeness (QED) is 0.266. The van der Waals surface area contributed by atoms with E-state index in [9.17, 15) is 26.3 Å². The van der Waals surface area contributed by atoms with E-state index in [2.05, 4.69) is 9.97 Å². The second-order valence-corrected chi connectivity index (χ2v) is 7.78. The summed E-state index contributed by atoms with van der Waals surface area (Å²) >= 11 is 12.1. The van der Waals surface area contributed by atoms with E-state index >= 15 is 0 Å². The van der Waals surface area contributed by atoms with Gasteiger partial charge in [0.2, 0.25) is 0 Å². The third-order valence-electron chi connectivity index (χ3n) is 4.81. The number of hydrogen-bond acceptors (Lipinski definition) is 2. The van der Waals surface area contributed by atoms with E-state index in [1.54, 1.807) is 24.3 Å². The van der Waals surface area contributed by atoms with Gasteiger partial charge >= 0.3 is 12.4 Å². The molecule has 0 aliphatic carbocycles. The molecule has 4 aromatic rings. The van der Waals surface area contributed by atoms with Crippen molar-refractivity contribution in [1.29, 1.82) is 0 Å². The summed E-state index contributed by atoms with van der Waals surface area (Å²) in [6, 6.07) is 7.85. The minimum absolute atomic E-state index is 0.0147. The zero-order chi connectivity index (χ0) is 24.0. The molecular formula is C22H11Cl2F6N3. The van der Waals surface area contributed by atoms with Crippen molar-refractivity contribution in [3.8, 4) is 28.1 Å². The number of halogens is 8. The molecule has 0 fully saturated rings. The van der Waals surface area contributed by atoms with Gasteiger partial charge < -0.3 is 0 Å². The Morgan fingerprint density at radius 3 is 1.97 bits per heavy atom. The molecule has 0 saturated carbocycles. The molecule has 0 saturated heterocycles. The van der Waals surface area contributed by atoms with E-state index in [-0.39, 0.29) is 22.3 Å². The smallest absolute Gasteiger partial charge is 0.297 e. The topological polar surface area (TPSA) is 30.7 Å².